The number of halogens is 1. The van der Waals surface area contributed by atoms with Crippen LogP contribution >= 0.6 is 22.9 Å². The van der Waals surface area contributed by atoms with Crippen LogP contribution in [0, 0.1) is 0 Å². The number of carbonyl (C=O) groups excluding carboxylic acids is 1. The SMILES string of the molecule is CC(C)(O)C(C)(C)NC(=O)/C=C/c1c(Cl)nc2sccn12. The van der Waals surface area contributed by atoms with Crippen molar-refractivity contribution in [2.45, 2.75) is 38.8 Å². The van der Waals surface area contributed by atoms with Gasteiger partial charge in [0.05, 0.1) is 16.8 Å². The van der Waals surface area contributed by atoms with Crippen LogP contribution in [0.25, 0.3) is 11.0 Å². The highest BCUT2D eigenvalue weighted by Crippen LogP contribution is 2.23. The molecule has 0 spiro atoms. The normalized spacial score (nSPS) is 13.2. The zero-order valence-electron chi connectivity index (χ0n) is 12.3. The van der Waals surface area contributed by atoms with Gasteiger partial charge in [-0.05, 0) is 33.8 Å². The van der Waals surface area contributed by atoms with E-state index in [2.05, 4.69) is 10.3 Å². The van der Waals surface area contributed by atoms with Crippen molar-refractivity contribution in [3.05, 3.63) is 28.5 Å². The molecule has 0 atom stereocenters. The quantitative estimate of drug-likeness (QED) is 0.848. The van der Waals surface area contributed by atoms with E-state index in [0.29, 0.717) is 10.8 Å². The Hall–Kier alpha value is -1.37. The third-order valence-corrected chi connectivity index (χ3v) is 4.65. The summed E-state index contributed by atoms with van der Waals surface area (Å²) in [6, 6.07) is 0. The molecule has 2 aromatic rings. The zero-order valence-corrected chi connectivity index (χ0v) is 13.9. The largest absolute Gasteiger partial charge is 0.388 e. The fraction of sp³-hybridized carbons (Fsp3) is 0.429. The smallest absolute Gasteiger partial charge is 0.244 e. The Morgan fingerprint density at radius 3 is 2.76 bits per heavy atom. The highest BCUT2D eigenvalue weighted by Gasteiger charge is 2.35. The van der Waals surface area contributed by atoms with Crippen molar-refractivity contribution >= 4 is 39.9 Å². The Bertz CT molecular complexity index is 695. The van der Waals surface area contributed by atoms with Crippen molar-refractivity contribution in [2.24, 2.45) is 0 Å². The molecule has 2 aromatic heterocycles. The van der Waals surface area contributed by atoms with Gasteiger partial charge in [0.1, 0.15) is 0 Å². The topological polar surface area (TPSA) is 66.6 Å². The number of imidazole rings is 1. The zero-order chi connectivity index (χ0) is 15.8. The summed E-state index contributed by atoms with van der Waals surface area (Å²) in [6.07, 6.45) is 4.85. The Morgan fingerprint density at radius 2 is 2.14 bits per heavy atom. The summed E-state index contributed by atoms with van der Waals surface area (Å²) in [4.78, 5) is 17.0. The van der Waals surface area contributed by atoms with E-state index in [1.54, 1.807) is 33.8 Å². The molecule has 7 heteroatoms. The molecule has 0 aliphatic carbocycles. The molecule has 1 amide bonds. The van der Waals surface area contributed by atoms with Gasteiger partial charge in [0.2, 0.25) is 5.91 Å². The number of hydrogen-bond donors (Lipinski definition) is 2. The van der Waals surface area contributed by atoms with E-state index in [9.17, 15) is 9.90 Å². The predicted octanol–water partition coefficient (Wildman–Crippen LogP) is 2.73. The summed E-state index contributed by atoms with van der Waals surface area (Å²) < 4.78 is 1.82. The summed E-state index contributed by atoms with van der Waals surface area (Å²) in [6.45, 7) is 6.84. The third kappa shape index (κ3) is 3.28. The molecule has 0 fully saturated rings. The molecule has 0 saturated heterocycles. The molecule has 2 N–H and O–H groups in total. The Kier molecular flexibility index (Phi) is 4.15. The lowest BCUT2D eigenvalue weighted by molar-refractivity contribution is -0.121. The number of hydrogen-bond acceptors (Lipinski definition) is 4. The first-order valence-corrected chi connectivity index (χ1v) is 7.71. The average Bonchev–Trinajstić information content (AvgIpc) is 2.85. The molecule has 2 rings (SSSR count). The number of thiazole rings is 1. The molecule has 21 heavy (non-hydrogen) atoms. The number of nitrogens with zero attached hydrogens (tertiary/aromatic N) is 2. The molecule has 2 heterocycles. The second-order valence-electron chi connectivity index (χ2n) is 5.85. The minimum Gasteiger partial charge on any atom is -0.388 e. The van der Waals surface area contributed by atoms with Crippen molar-refractivity contribution in [3.63, 3.8) is 0 Å². The van der Waals surface area contributed by atoms with E-state index in [-0.39, 0.29) is 5.91 Å². The van der Waals surface area contributed by atoms with Crippen LogP contribution in [0.5, 0.6) is 0 Å². The minimum absolute atomic E-state index is 0.302. The molecule has 0 saturated carbocycles. The average molecular weight is 328 g/mol. The van der Waals surface area contributed by atoms with Gasteiger partial charge in [-0.1, -0.05) is 11.6 Å². The van der Waals surface area contributed by atoms with Crippen LogP contribution in [0.2, 0.25) is 5.15 Å². The van der Waals surface area contributed by atoms with Gasteiger partial charge in [-0.3, -0.25) is 9.20 Å². The van der Waals surface area contributed by atoms with Crippen LogP contribution < -0.4 is 5.32 Å². The number of aliphatic hydroxyl groups is 1. The van der Waals surface area contributed by atoms with Gasteiger partial charge in [-0.2, -0.15) is 0 Å². The maximum Gasteiger partial charge on any atom is 0.244 e. The number of aromatic nitrogens is 2. The first-order valence-electron chi connectivity index (χ1n) is 6.45. The van der Waals surface area contributed by atoms with Gasteiger partial charge in [0, 0.05) is 17.7 Å². The highest BCUT2D eigenvalue weighted by molar-refractivity contribution is 7.15. The maximum atomic E-state index is 12.0. The lowest BCUT2D eigenvalue weighted by Crippen LogP contribution is -2.57. The van der Waals surface area contributed by atoms with Gasteiger partial charge in [0.15, 0.2) is 10.1 Å². The number of carbonyl (C=O) groups is 1. The Labute approximate surface area is 132 Å². The summed E-state index contributed by atoms with van der Waals surface area (Å²) in [7, 11) is 0. The first kappa shape index (κ1) is 16.0. The van der Waals surface area contributed by atoms with Crippen LogP contribution in [0.4, 0.5) is 0 Å². The third-order valence-electron chi connectivity index (χ3n) is 3.61. The summed E-state index contributed by atoms with van der Waals surface area (Å²) in [5.41, 5.74) is -1.14. The van der Waals surface area contributed by atoms with E-state index in [1.807, 2.05) is 16.0 Å². The van der Waals surface area contributed by atoms with E-state index in [0.717, 1.165) is 4.96 Å². The summed E-state index contributed by atoms with van der Waals surface area (Å²) in [5.74, 6) is -0.302. The second kappa shape index (κ2) is 5.44. The predicted molar refractivity (Wildman–Crippen MR) is 85.6 cm³/mol. The molecular weight excluding hydrogens is 310 g/mol. The fourth-order valence-corrected chi connectivity index (χ4v) is 2.59. The van der Waals surface area contributed by atoms with E-state index in [4.69, 9.17) is 11.6 Å². The van der Waals surface area contributed by atoms with Crippen LogP contribution in [-0.4, -0.2) is 31.5 Å². The maximum absolute atomic E-state index is 12.0. The van der Waals surface area contributed by atoms with E-state index >= 15 is 0 Å². The van der Waals surface area contributed by atoms with Crippen molar-refractivity contribution in [2.75, 3.05) is 0 Å². The first-order chi connectivity index (χ1) is 9.62. The molecule has 0 aromatic carbocycles. The molecule has 0 aliphatic heterocycles. The van der Waals surface area contributed by atoms with Crippen molar-refractivity contribution in [1.82, 2.24) is 14.7 Å². The number of rotatable bonds is 4. The number of nitrogens with one attached hydrogen (secondary N) is 1. The number of amides is 1. The molecule has 114 valence electrons. The molecule has 0 aliphatic rings. The standard InChI is InChI=1S/C14H18ClN3O2S/c1-13(2,14(3,4)20)17-10(19)6-5-9-11(15)16-12-18(9)7-8-21-12/h5-8,20H,1-4H3,(H,17,19)/b6-5+. The van der Waals surface area contributed by atoms with Gasteiger partial charge in [-0.25, -0.2) is 4.98 Å². The molecular formula is C14H18ClN3O2S. The van der Waals surface area contributed by atoms with Crippen LogP contribution in [0.15, 0.2) is 17.7 Å². The van der Waals surface area contributed by atoms with Crippen molar-refractivity contribution < 1.29 is 9.90 Å². The van der Waals surface area contributed by atoms with Gasteiger partial charge in [-0.15, -0.1) is 11.3 Å². The van der Waals surface area contributed by atoms with Crippen LogP contribution in [0.1, 0.15) is 33.4 Å². The van der Waals surface area contributed by atoms with E-state index in [1.165, 1.54) is 17.4 Å². The van der Waals surface area contributed by atoms with Crippen molar-refractivity contribution in [1.29, 1.82) is 0 Å². The highest BCUT2D eigenvalue weighted by atomic mass is 35.5. The molecule has 0 bridgehead atoms. The molecule has 0 radical (unpaired) electrons. The lowest BCUT2D eigenvalue weighted by Gasteiger charge is -2.37. The van der Waals surface area contributed by atoms with Crippen LogP contribution in [0.3, 0.4) is 0 Å². The van der Waals surface area contributed by atoms with Crippen LogP contribution in [-0.2, 0) is 4.79 Å². The van der Waals surface area contributed by atoms with Gasteiger partial charge < -0.3 is 10.4 Å². The van der Waals surface area contributed by atoms with E-state index < -0.39 is 11.1 Å². The van der Waals surface area contributed by atoms with Gasteiger partial charge in [0.25, 0.3) is 0 Å². The fourth-order valence-electron chi connectivity index (χ4n) is 1.58. The lowest BCUT2D eigenvalue weighted by atomic mass is 9.86. The molecule has 0 unspecified atom stereocenters. The van der Waals surface area contributed by atoms with Crippen molar-refractivity contribution in [3.8, 4) is 0 Å². The Balaban J connectivity index is 2.16. The minimum atomic E-state index is -1.04. The van der Waals surface area contributed by atoms with Gasteiger partial charge >= 0.3 is 0 Å². The Morgan fingerprint density at radius 1 is 1.48 bits per heavy atom. The summed E-state index contributed by atoms with van der Waals surface area (Å²) in [5, 5.41) is 15.1. The number of fused-ring (bicyclic) bond motifs is 1. The summed E-state index contributed by atoms with van der Waals surface area (Å²) >= 11 is 7.52. The monoisotopic (exact) mass is 327 g/mol. The molecule has 5 nitrogen and oxygen atoms in total. The second-order valence-corrected chi connectivity index (χ2v) is 7.08.